The Balaban J connectivity index is 2.57. The molecule has 0 unspecified atom stereocenters. The molecule has 0 saturated carbocycles. The van der Waals surface area contributed by atoms with Crippen molar-refractivity contribution in [3.8, 4) is 5.75 Å². The van der Waals surface area contributed by atoms with Gasteiger partial charge >= 0.3 is 0 Å². The Labute approximate surface area is 98.8 Å². The number of hydrogen-bond acceptors (Lipinski definition) is 1. The van der Waals surface area contributed by atoms with Crippen LogP contribution in [0.25, 0.3) is 0 Å². The minimum atomic E-state index is -0.253. The van der Waals surface area contributed by atoms with Crippen LogP contribution in [0.5, 0.6) is 5.75 Å². The van der Waals surface area contributed by atoms with E-state index < -0.39 is 0 Å². The first kappa shape index (κ1) is 12.5. The molecule has 1 rings (SSSR count). The topological polar surface area (TPSA) is 9.23 Å². The summed E-state index contributed by atoms with van der Waals surface area (Å²) in [4.78, 5) is 0. The van der Waals surface area contributed by atoms with Crippen LogP contribution in [0.2, 0.25) is 0 Å². The average Bonchev–Trinajstić information content (AvgIpc) is 2.22. The highest BCUT2D eigenvalue weighted by molar-refractivity contribution is 9.10. The van der Waals surface area contributed by atoms with Crippen molar-refractivity contribution < 1.29 is 9.13 Å². The highest BCUT2D eigenvalue weighted by Gasteiger charge is 2.07. The lowest BCUT2D eigenvalue weighted by Gasteiger charge is -2.14. The van der Waals surface area contributed by atoms with E-state index in [0.29, 0.717) is 22.7 Å². The molecule has 84 valence electrons. The molecule has 0 fully saturated rings. The van der Waals surface area contributed by atoms with Crippen LogP contribution in [0, 0.1) is 11.7 Å². The second kappa shape index (κ2) is 6.11. The summed E-state index contributed by atoms with van der Waals surface area (Å²) in [5.41, 5.74) is 0. The highest BCUT2D eigenvalue weighted by Crippen LogP contribution is 2.26. The van der Waals surface area contributed by atoms with Crippen LogP contribution in [-0.4, -0.2) is 6.61 Å². The molecule has 1 nitrogen and oxygen atoms in total. The molecule has 0 aliphatic rings. The molecule has 15 heavy (non-hydrogen) atoms. The predicted octanol–water partition coefficient (Wildman–Crippen LogP) is 4.40. The third-order valence-corrected chi connectivity index (χ3v) is 3.14. The molecule has 0 spiro atoms. The quantitative estimate of drug-likeness (QED) is 0.773. The van der Waals surface area contributed by atoms with Gasteiger partial charge < -0.3 is 4.74 Å². The number of ether oxygens (including phenoxy) is 1. The Morgan fingerprint density at radius 2 is 2.00 bits per heavy atom. The molecule has 0 radical (unpaired) electrons. The van der Waals surface area contributed by atoms with E-state index in [4.69, 9.17) is 4.74 Å². The molecule has 0 aliphatic heterocycles. The van der Waals surface area contributed by atoms with Gasteiger partial charge in [-0.25, -0.2) is 4.39 Å². The lowest BCUT2D eigenvalue weighted by atomic mass is 10.1. The Morgan fingerprint density at radius 1 is 1.33 bits per heavy atom. The molecule has 0 aromatic heterocycles. The summed E-state index contributed by atoms with van der Waals surface area (Å²) in [6.07, 6.45) is 2.21. The monoisotopic (exact) mass is 274 g/mol. The van der Waals surface area contributed by atoms with E-state index in [2.05, 4.69) is 29.8 Å². The van der Waals surface area contributed by atoms with Crippen LogP contribution in [-0.2, 0) is 0 Å². The third kappa shape index (κ3) is 3.82. The second-order valence-electron chi connectivity index (χ2n) is 3.57. The van der Waals surface area contributed by atoms with Crippen LogP contribution < -0.4 is 4.74 Å². The Hall–Kier alpha value is -0.570. The molecule has 0 amide bonds. The Morgan fingerprint density at radius 3 is 2.53 bits per heavy atom. The van der Waals surface area contributed by atoms with Gasteiger partial charge in [-0.3, -0.25) is 0 Å². The molecule has 1 aromatic carbocycles. The SMILES string of the molecule is CCC(CC)COc1ccc(F)cc1Br. The summed E-state index contributed by atoms with van der Waals surface area (Å²) in [7, 11) is 0. The van der Waals surface area contributed by atoms with Crippen molar-refractivity contribution in [3.05, 3.63) is 28.5 Å². The highest BCUT2D eigenvalue weighted by atomic mass is 79.9. The number of rotatable bonds is 5. The summed E-state index contributed by atoms with van der Waals surface area (Å²) >= 11 is 3.28. The molecular weight excluding hydrogens is 259 g/mol. The summed E-state index contributed by atoms with van der Waals surface area (Å²) in [5.74, 6) is 1.03. The van der Waals surface area contributed by atoms with Gasteiger partial charge in [0.15, 0.2) is 0 Å². The van der Waals surface area contributed by atoms with E-state index in [-0.39, 0.29) is 5.82 Å². The first-order valence-corrected chi connectivity index (χ1v) is 6.04. The molecule has 0 N–H and O–H groups in total. The van der Waals surface area contributed by atoms with Gasteiger partial charge in [-0.15, -0.1) is 0 Å². The second-order valence-corrected chi connectivity index (χ2v) is 4.42. The van der Waals surface area contributed by atoms with E-state index in [1.165, 1.54) is 12.1 Å². The standard InChI is InChI=1S/C12H16BrFO/c1-3-9(4-2)8-15-12-6-5-10(14)7-11(12)13/h5-7,9H,3-4,8H2,1-2H3. The first-order chi connectivity index (χ1) is 7.17. The van der Waals surface area contributed by atoms with Gasteiger partial charge in [0.2, 0.25) is 0 Å². The zero-order valence-electron chi connectivity index (χ0n) is 9.09. The van der Waals surface area contributed by atoms with E-state index in [9.17, 15) is 4.39 Å². The van der Waals surface area contributed by atoms with Gasteiger partial charge in [0, 0.05) is 0 Å². The van der Waals surface area contributed by atoms with E-state index in [0.717, 1.165) is 12.8 Å². The smallest absolute Gasteiger partial charge is 0.133 e. The fourth-order valence-corrected chi connectivity index (χ4v) is 1.79. The Bertz CT molecular complexity index is 310. The van der Waals surface area contributed by atoms with Crippen LogP contribution in [0.4, 0.5) is 4.39 Å². The fourth-order valence-electron chi connectivity index (χ4n) is 1.32. The summed E-state index contributed by atoms with van der Waals surface area (Å²) in [5, 5.41) is 0. The van der Waals surface area contributed by atoms with Crippen molar-refractivity contribution in [2.24, 2.45) is 5.92 Å². The molecular formula is C12H16BrFO. The number of benzene rings is 1. The Kier molecular flexibility index (Phi) is 5.09. The van der Waals surface area contributed by atoms with Crippen molar-refractivity contribution in [1.29, 1.82) is 0 Å². The zero-order chi connectivity index (χ0) is 11.3. The predicted molar refractivity (Wildman–Crippen MR) is 63.7 cm³/mol. The zero-order valence-corrected chi connectivity index (χ0v) is 10.7. The van der Waals surface area contributed by atoms with Crippen LogP contribution in [0.3, 0.4) is 0 Å². The van der Waals surface area contributed by atoms with Crippen LogP contribution in [0.15, 0.2) is 22.7 Å². The van der Waals surface area contributed by atoms with E-state index in [1.807, 2.05) is 0 Å². The minimum absolute atomic E-state index is 0.253. The van der Waals surface area contributed by atoms with Crippen molar-refractivity contribution >= 4 is 15.9 Å². The van der Waals surface area contributed by atoms with Crippen molar-refractivity contribution in [3.63, 3.8) is 0 Å². The summed E-state index contributed by atoms with van der Waals surface area (Å²) in [6.45, 7) is 4.99. The number of halogens is 2. The molecule has 0 bridgehead atoms. The normalized spacial score (nSPS) is 10.7. The molecule has 0 atom stereocenters. The van der Waals surface area contributed by atoms with Gasteiger partial charge in [0.1, 0.15) is 11.6 Å². The summed E-state index contributed by atoms with van der Waals surface area (Å²) < 4.78 is 19.1. The minimum Gasteiger partial charge on any atom is -0.492 e. The lowest BCUT2D eigenvalue weighted by Crippen LogP contribution is -2.10. The van der Waals surface area contributed by atoms with Crippen LogP contribution in [0.1, 0.15) is 26.7 Å². The van der Waals surface area contributed by atoms with Gasteiger partial charge in [0.05, 0.1) is 11.1 Å². The van der Waals surface area contributed by atoms with Gasteiger partial charge in [-0.1, -0.05) is 26.7 Å². The van der Waals surface area contributed by atoms with Crippen molar-refractivity contribution in [2.45, 2.75) is 26.7 Å². The maximum atomic E-state index is 12.8. The van der Waals surface area contributed by atoms with Crippen molar-refractivity contribution in [1.82, 2.24) is 0 Å². The largest absolute Gasteiger partial charge is 0.492 e. The maximum Gasteiger partial charge on any atom is 0.133 e. The lowest BCUT2D eigenvalue weighted by molar-refractivity contribution is 0.239. The molecule has 0 heterocycles. The molecule has 0 aliphatic carbocycles. The van der Waals surface area contributed by atoms with E-state index >= 15 is 0 Å². The fraction of sp³-hybridized carbons (Fsp3) is 0.500. The average molecular weight is 275 g/mol. The van der Waals surface area contributed by atoms with E-state index in [1.54, 1.807) is 6.07 Å². The summed E-state index contributed by atoms with van der Waals surface area (Å²) in [6, 6.07) is 4.48. The first-order valence-electron chi connectivity index (χ1n) is 5.25. The molecule has 1 aromatic rings. The maximum absolute atomic E-state index is 12.8. The van der Waals surface area contributed by atoms with Crippen molar-refractivity contribution in [2.75, 3.05) is 6.61 Å². The third-order valence-electron chi connectivity index (χ3n) is 2.52. The molecule has 3 heteroatoms. The van der Waals surface area contributed by atoms with Crippen LogP contribution >= 0.6 is 15.9 Å². The van der Waals surface area contributed by atoms with Gasteiger partial charge in [0.25, 0.3) is 0 Å². The molecule has 0 saturated heterocycles. The van der Waals surface area contributed by atoms with Gasteiger partial charge in [-0.05, 0) is 40.0 Å². The van der Waals surface area contributed by atoms with Gasteiger partial charge in [-0.2, -0.15) is 0 Å². The number of hydrogen-bond donors (Lipinski definition) is 0.